The molecule has 7 heteroatoms. The van der Waals surface area contributed by atoms with Crippen LogP contribution in [0.5, 0.6) is 11.5 Å². The highest BCUT2D eigenvalue weighted by Gasteiger charge is 2.09. The zero-order chi connectivity index (χ0) is 18.1. The van der Waals surface area contributed by atoms with E-state index in [1.807, 2.05) is 32.2 Å². The third-order valence-electron chi connectivity index (χ3n) is 3.83. The van der Waals surface area contributed by atoms with Crippen molar-refractivity contribution in [3.8, 4) is 11.5 Å². The maximum absolute atomic E-state index is 5.64. The Kier molecular flexibility index (Phi) is 10.4. The summed E-state index contributed by atoms with van der Waals surface area (Å²) in [6.45, 7) is 4.18. The average Bonchev–Trinajstić information content (AvgIpc) is 3.14. The van der Waals surface area contributed by atoms with E-state index in [4.69, 9.17) is 9.47 Å². The minimum Gasteiger partial charge on any atom is -0.493 e. The van der Waals surface area contributed by atoms with Crippen LogP contribution in [0.4, 0.5) is 0 Å². The summed E-state index contributed by atoms with van der Waals surface area (Å²) in [5.74, 6) is 2.40. The molecule has 0 saturated heterocycles. The number of thiophene rings is 1. The molecule has 0 aliphatic carbocycles. The van der Waals surface area contributed by atoms with E-state index in [2.05, 4.69) is 39.8 Å². The molecule has 5 nitrogen and oxygen atoms in total. The fourth-order valence-corrected chi connectivity index (χ4v) is 3.20. The van der Waals surface area contributed by atoms with Crippen molar-refractivity contribution in [2.45, 2.75) is 19.9 Å². The number of guanidine groups is 1. The Morgan fingerprint density at radius 3 is 2.69 bits per heavy atom. The molecule has 0 radical (unpaired) electrons. The summed E-state index contributed by atoms with van der Waals surface area (Å²) < 4.78 is 11.0. The minimum atomic E-state index is 0. The van der Waals surface area contributed by atoms with E-state index < -0.39 is 0 Å². The molecule has 1 N–H and O–H groups in total. The van der Waals surface area contributed by atoms with Gasteiger partial charge in [-0.1, -0.05) is 12.1 Å². The Labute approximate surface area is 177 Å². The maximum Gasteiger partial charge on any atom is 0.193 e. The Morgan fingerprint density at radius 1 is 1.27 bits per heavy atom. The van der Waals surface area contributed by atoms with Crippen LogP contribution in [-0.4, -0.2) is 45.2 Å². The molecule has 0 atom stereocenters. The van der Waals surface area contributed by atoms with Crippen molar-refractivity contribution in [1.82, 2.24) is 10.2 Å². The lowest BCUT2D eigenvalue weighted by molar-refractivity contribution is 0.310. The molecule has 0 unspecified atom stereocenters. The summed E-state index contributed by atoms with van der Waals surface area (Å²) in [6.07, 6.45) is 1.02. The summed E-state index contributed by atoms with van der Waals surface area (Å²) >= 11 is 1.79. The van der Waals surface area contributed by atoms with Crippen molar-refractivity contribution in [3.63, 3.8) is 0 Å². The standard InChI is InChI=1S/C19H27N3O2S.HI/c1-5-24-18-13-15(8-9-17(18)23-4)14-21-19(20-2)22(3)11-10-16-7-6-12-25-16;/h6-9,12-13H,5,10-11,14H2,1-4H3,(H,20,21);1H. The highest BCUT2D eigenvalue weighted by atomic mass is 127. The Morgan fingerprint density at radius 2 is 2.08 bits per heavy atom. The second kappa shape index (κ2) is 12.0. The Balaban J connectivity index is 0.00000338. The summed E-state index contributed by atoms with van der Waals surface area (Å²) in [4.78, 5) is 7.91. The minimum absolute atomic E-state index is 0. The number of ether oxygens (including phenoxy) is 2. The van der Waals surface area contributed by atoms with Crippen molar-refractivity contribution >= 4 is 41.3 Å². The lowest BCUT2D eigenvalue weighted by Gasteiger charge is -2.22. The van der Waals surface area contributed by atoms with Crippen LogP contribution in [0.25, 0.3) is 0 Å². The molecule has 0 aliphatic heterocycles. The van der Waals surface area contributed by atoms with Gasteiger partial charge < -0.3 is 19.7 Å². The molecule has 2 aromatic rings. The first kappa shape index (κ1) is 22.6. The van der Waals surface area contributed by atoms with E-state index in [0.717, 1.165) is 36.0 Å². The summed E-state index contributed by atoms with van der Waals surface area (Å²) in [5.41, 5.74) is 1.12. The van der Waals surface area contributed by atoms with E-state index >= 15 is 0 Å². The van der Waals surface area contributed by atoms with Gasteiger partial charge in [-0.15, -0.1) is 35.3 Å². The number of nitrogens with one attached hydrogen (secondary N) is 1. The average molecular weight is 489 g/mol. The van der Waals surface area contributed by atoms with Gasteiger partial charge in [-0.25, -0.2) is 0 Å². The number of hydrogen-bond donors (Lipinski definition) is 1. The highest BCUT2D eigenvalue weighted by Crippen LogP contribution is 2.27. The molecular formula is C19H28IN3O2S. The lowest BCUT2D eigenvalue weighted by Crippen LogP contribution is -2.39. The molecule has 0 fully saturated rings. The van der Waals surface area contributed by atoms with Gasteiger partial charge in [0.05, 0.1) is 13.7 Å². The molecule has 0 saturated carbocycles. The van der Waals surface area contributed by atoms with Crippen LogP contribution in [-0.2, 0) is 13.0 Å². The first-order valence-corrected chi connectivity index (χ1v) is 9.29. The lowest BCUT2D eigenvalue weighted by atomic mass is 10.2. The zero-order valence-corrected chi connectivity index (χ0v) is 19.0. The molecule has 0 spiro atoms. The van der Waals surface area contributed by atoms with Crippen molar-refractivity contribution in [1.29, 1.82) is 0 Å². The van der Waals surface area contributed by atoms with Gasteiger partial charge >= 0.3 is 0 Å². The third-order valence-corrected chi connectivity index (χ3v) is 4.76. The molecule has 2 rings (SSSR count). The van der Waals surface area contributed by atoms with Crippen molar-refractivity contribution in [3.05, 3.63) is 46.2 Å². The molecule has 1 aromatic heterocycles. The monoisotopic (exact) mass is 489 g/mol. The van der Waals surface area contributed by atoms with Crippen LogP contribution in [0.2, 0.25) is 0 Å². The number of nitrogens with zero attached hydrogens (tertiary/aromatic N) is 2. The number of hydrogen-bond acceptors (Lipinski definition) is 4. The topological polar surface area (TPSA) is 46.1 Å². The summed E-state index contributed by atoms with van der Waals surface area (Å²) in [5, 5.41) is 5.52. The number of methoxy groups -OCH3 is 1. The molecule has 0 bridgehead atoms. The predicted octanol–water partition coefficient (Wildman–Crippen LogP) is 4.02. The quantitative estimate of drug-likeness (QED) is 0.346. The van der Waals surface area contributed by atoms with E-state index in [9.17, 15) is 0 Å². The smallest absolute Gasteiger partial charge is 0.193 e. The number of benzene rings is 1. The van der Waals surface area contributed by atoms with Gasteiger partial charge in [0, 0.05) is 32.1 Å². The zero-order valence-electron chi connectivity index (χ0n) is 15.8. The largest absolute Gasteiger partial charge is 0.493 e. The number of rotatable bonds is 8. The molecular weight excluding hydrogens is 461 g/mol. The van der Waals surface area contributed by atoms with Crippen LogP contribution in [0.1, 0.15) is 17.4 Å². The second-order valence-corrected chi connectivity index (χ2v) is 6.60. The van der Waals surface area contributed by atoms with Gasteiger partial charge in [-0.2, -0.15) is 0 Å². The molecule has 0 aliphatic rings. The van der Waals surface area contributed by atoms with Crippen LogP contribution < -0.4 is 14.8 Å². The summed E-state index contributed by atoms with van der Waals surface area (Å²) in [6, 6.07) is 10.2. The van der Waals surface area contributed by atoms with E-state index in [-0.39, 0.29) is 24.0 Å². The van der Waals surface area contributed by atoms with Crippen molar-refractivity contribution < 1.29 is 9.47 Å². The Hall–Kier alpha value is -1.48. The molecule has 0 amide bonds. The van der Waals surface area contributed by atoms with E-state index in [1.165, 1.54) is 4.88 Å². The molecule has 26 heavy (non-hydrogen) atoms. The van der Waals surface area contributed by atoms with Gasteiger partial charge in [-0.3, -0.25) is 4.99 Å². The van der Waals surface area contributed by atoms with E-state index in [1.54, 1.807) is 18.4 Å². The van der Waals surface area contributed by atoms with Gasteiger partial charge in [0.2, 0.25) is 0 Å². The molecule has 144 valence electrons. The predicted molar refractivity (Wildman–Crippen MR) is 120 cm³/mol. The fraction of sp³-hybridized carbons (Fsp3) is 0.421. The Bertz CT molecular complexity index is 677. The SMILES string of the molecule is CCOc1cc(CNC(=NC)N(C)CCc2cccs2)ccc1OC.I. The first-order valence-electron chi connectivity index (χ1n) is 8.41. The second-order valence-electron chi connectivity index (χ2n) is 5.57. The van der Waals surface area contributed by atoms with Crippen LogP contribution in [0.3, 0.4) is 0 Å². The number of halogens is 1. The van der Waals surface area contributed by atoms with Crippen molar-refractivity contribution in [2.75, 3.05) is 34.4 Å². The van der Waals surface area contributed by atoms with Crippen LogP contribution in [0.15, 0.2) is 40.7 Å². The molecule has 1 heterocycles. The number of aliphatic imine (C=N–C) groups is 1. The third kappa shape index (κ3) is 6.68. The van der Waals surface area contributed by atoms with E-state index in [0.29, 0.717) is 13.2 Å². The number of likely N-dealkylation sites (N-methyl/N-ethyl adjacent to an activating group) is 1. The van der Waals surface area contributed by atoms with Gasteiger partial charge in [0.25, 0.3) is 0 Å². The van der Waals surface area contributed by atoms with Gasteiger partial charge in [0.15, 0.2) is 17.5 Å². The van der Waals surface area contributed by atoms with Gasteiger partial charge in [-0.05, 0) is 42.5 Å². The first-order chi connectivity index (χ1) is 12.2. The normalized spacial score (nSPS) is 10.8. The van der Waals surface area contributed by atoms with Gasteiger partial charge in [0.1, 0.15) is 0 Å². The maximum atomic E-state index is 5.64. The van der Waals surface area contributed by atoms with Crippen molar-refractivity contribution in [2.24, 2.45) is 4.99 Å². The fourth-order valence-electron chi connectivity index (χ4n) is 2.50. The highest BCUT2D eigenvalue weighted by molar-refractivity contribution is 14.0. The van der Waals surface area contributed by atoms with Crippen LogP contribution in [0, 0.1) is 0 Å². The summed E-state index contributed by atoms with van der Waals surface area (Å²) in [7, 11) is 5.52. The molecule has 1 aromatic carbocycles. The van der Waals surface area contributed by atoms with Crippen LogP contribution >= 0.6 is 35.3 Å².